The number of ether oxygens (including phenoxy) is 3. The highest BCUT2D eigenvalue weighted by Crippen LogP contribution is 2.75. The standard InChI is InChI=1S/C29H35N4O4/c1-5-22-23-16-25(27(34)20-10-12-30-24-9-8-19(35-4)15-21(20)24)33(13-11-29(22,23)33)17-18-14-26(36-6-2)32-28(31-18)37-7-3/h5,8-10,12,14-15,22-23,25,27,34H,1,6-7,11,13,16-17H2,2-4H3/q+1/t22?,23?,25?,27-,29?,33?/m1/s1. The Hall–Kier alpha value is -3.23. The Morgan fingerprint density at radius 2 is 2.03 bits per heavy atom. The minimum atomic E-state index is -0.646. The molecule has 3 aliphatic rings. The van der Waals surface area contributed by atoms with E-state index < -0.39 is 6.10 Å². The van der Waals surface area contributed by atoms with Crippen molar-refractivity contribution in [1.82, 2.24) is 15.0 Å². The number of nitrogens with zero attached hydrogens (tertiary/aromatic N) is 4. The number of pyridine rings is 1. The van der Waals surface area contributed by atoms with Gasteiger partial charge in [0.1, 0.15) is 35.7 Å². The predicted molar refractivity (Wildman–Crippen MR) is 139 cm³/mol. The average molecular weight is 504 g/mol. The summed E-state index contributed by atoms with van der Waals surface area (Å²) in [6.07, 6.45) is 5.37. The van der Waals surface area contributed by atoms with Crippen LogP contribution < -0.4 is 14.2 Å². The van der Waals surface area contributed by atoms with Gasteiger partial charge in [-0.15, -0.1) is 6.58 Å². The molecule has 3 fully saturated rings. The molecule has 0 radical (unpaired) electrons. The molecule has 1 saturated carbocycles. The molecule has 194 valence electrons. The highest BCUT2D eigenvalue weighted by Gasteiger charge is 2.86. The number of methoxy groups -OCH3 is 1. The van der Waals surface area contributed by atoms with E-state index in [4.69, 9.17) is 19.2 Å². The molecule has 4 heterocycles. The summed E-state index contributed by atoms with van der Waals surface area (Å²) in [5.74, 6) is 2.28. The Bertz CT molecular complexity index is 1320. The van der Waals surface area contributed by atoms with Gasteiger partial charge in [0, 0.05) is 35.9 Å². The van der Waals surface area contributed by atoms with Crippen molar-refractivity contribution in [2.24, 2.45) is 11.8 Å². The van der Waals surface area contributed by atoms with Crippen LogP contribution in [0, 0.1) is 11.8 Å². The highest BCUT2D eigenvalue weighted by molar-refractivity contribution is 5.84. The number of benzene rings is 1. The molecule has 8 nitrogen and oxygen atoms in total. The lowest BCUT2D eigenvalue weighted by atomic mass is 9.86. The Morgan fingerprint density at radius 1 is 1.19 bits per heavy atom. The van der Waals surface area contributed by atoms with Crippen LogP contribution in [-0.2, 0) is 6.54 Å². The molecule has 8 heteroatoms. The van der Waals surface area contributed by atoms with Crippen molar-refractivity contribution in [2.75, 3.05) is 26.9 Å². The summed E-state index contributed by atoms with van der Waals surface area (Å²) in [7, 11) is 1.66. The lowest BCUT2D eigenvalue weighted by Crippen LogP contribution is -2.70. The lowest BCUT2D eigenvalue weighted by Gasteiger charge is -2.56. The van der Waals surface area contributed by atoms with Gasteiger partial charge in [-0.1, -0.05) is 6.08 Å². The van der Waals surface area contributed by atoms with E-state index in [9.17, 15) is 5.11 Å². The van der Waals surface area contributed by atoms with Gasteiger partial charge in [-0.05, 0) is 43.7 Å². The molecule has 2 aliphatic heterocycles. The molecule has 3 aromatic rings. The molecule has 1 aliphatic carbocycles. The molecular formula is C29H35N4O4+. The second kappa shape index (κ2) is 8.96. The van der Waals surface area contributed by atoms with Crippen LogP contribution in [0.5, 0.6) is 17.6 Å². The molecule has 1 aromatic carbocycles. The smallest absolute Gasteiger partial charge is 0.320 e. The van der Waals surface area contributed by atoms with Crippen LogP contribution in [-0.4, -0.2) is 63.0 Å². The maximum atomic E-state index is 12.0. The second-order valence-corrected chi connectivity index (χ2v) is 10.4. The van der Waals surface area contributed by atoms with Gasteiger partial charge in [0.15, 0.2) is 0 Å². The Balaban J connectivity index is 1.41. The number of piperidine rings is 1. The third kappa shape index (κ3) is 3.45. The molecule has 2 aromatic heterocycles. The van der Waals surface area contributed by atoms with Crippen LogP contribution in [0.2, 0.25) is 0 Å². The Morgan fingerprint density at radius 3 is 2.73 bits per heavy atom. The lowest BCUT2D eigenvalue weighted by molar-refractivity contribution is -1.03. The summed E-state index contributed by atoms with van der Waals surface area (Å²) in [6, 6.07) is 10.1. The maximum absolute atomic E-state index is 12.0. The third-order valence-corrected chi connectivity index (χ3v) is 9.08. The van der Waals surface area contributed by atoms with E-state index in [0.29, 0.717) is 43.5 Å². The zero-order valence-electron chi connectivity index (χ0n) is 21.8. The average Bonchev–Trinajstić information content (AvgIpc) is 3.54. The number of aliphatic hydroxyl groups is 1. The molecule has 2 saturated heterocycles. The second-order valence-electron chi connectivity index (χ2n) is 10.4. The zero-order chi connectivity index (χ0) is 25.8. The van der Waals surface area contributed by atoms with Crippen molar-refractivity contribution in [2.45, 2.75) is 50.9 Å². The number of aliphatic hydroxyl groups excluding tert-OH is 1. The first-order valence-corrected chi connectivity index (χ1v) is 13.2. The van der Waals surface area contributed by atoms with Crippen molar-refractivity contribution >= 4 is 10.9 Å². The van der Waals surface area contributed by atoms with Gasteiger partial charge in [0.2, 0.25) is 5.88 Å². The van der Waals surface area contributed by atoms with E-state index in [2.05, 4.69) is 22.6 Å². The minimum absolute atomic E-state index is 0.0350. The predicted octanol–water partition coefficient (Wildman–Crippen LogP) is 4.23. The van der Waals surface area contributed by atoms with E-state index in [-0.39, 0.29) is 11.6 Å². The summed E-state index contributed by atoms with van der Waals surface area (Å²) in [6.45, 7) is 10.7. The van der Waals surface area contributed by atoms with Crippen LogP contribution in [0.15, 0.2) is 49.2 Å². The monoisotopic (exact) mass is 503 g/mol. The number of fused-ring (bicyclic) bond motifs is 1. The van der Waals surface area contributed by atoms with Crippen molar-refractivity contribution in [3.8, 4) is 17.6 Å². The largest absolute Gasteiger partial charge is 0.497 e. The fourth-order valence-electron chi connectivity index (χ4n) is 7.54. The molecule has 1 spiro atoms. The first kappa shape index (κ1) is 24.1. The Labute approximate surface area is 217 Å². The molecule has 6 rings (SSSR count). The van der Waals surface area contributed by atoms with Crippen LogP contribution >= 0.6 is 0 Å². The van der Waals surface area contributed by atoms with Crippen molar-refractivity contribution < 1.29 is 23.8 Å². The zero-order valence-corrected chi connectivity index (χ0v) is 21.8. The Kier molecular flexibility index (Phi) is 5.84. The number of hydrogen-bond acceptors (Lipinski definition) is 7. The van der Waals surface area contributed by atoms with Crippen molar-refractivity contribution in [3.63, 3.8) is 0 Å². The molecular weight excluding hydrogens is 468 g/mol. The van der Waals surface area contributed by atoms with Gasteiger partial charge >= 0.3 is 6.01 Å². The van der Waals surface area contributed by atoms with Crippen LogP contribution in [0.4, 0.5) is 0 Å². The molecule has 1 N–H and O–H groups in total. The number of hydrogen-bond donors (Lipinski definition) is 1. The first-order chi connectivity index (χ1) is 18.0. The van der Waals surface area contributed by atoms with E-state index in [1.165, 1.54) is 0 Å². The van der Waals surface area contributed by atoms with Crippen molar-refractivity contribution in [1.29, 1.82) is 0 Å². The summed E-state index contributed by atoms with van der Waals surface area (Å²) < 4.78 is 17.7. The number of quaternary nitrogens is 1. The van der Waals surface area contributed by atoms with Gasteiger partial charge in [0.25, 0.3) is 0 Å². The van der Waals surface area contributed by atoms with E-state index in [1.54, 1.807) is 13.3 Å². The van der Waals surface area contributed by atoms with Crippen LogP contribution in [0.3, 0.4) is 0 Å². The molecule has 37 heavy (non-hydrogen) atoms. The van der Waals surface area contributed by atoms with Crippen LogP contribution in [0.1, 0.15) is 44.1 Å². The van der Waals surface area contributed by atoms with Gasteiger partial charge in [-0.25, -0.2) is 0 Å². The summed E-state index contributed by atoms with van der Waals surface area (Å²) in [5.41, 5.74) is 2.76. The van der Waals surface area contributed by atoms with Crippen molar-refractivity contribution in [3.05, 3.63) is 60.4 Å². The van der Waals surface area contributed by atoms with Gasteiger partial charge in [-0.2, -0.15) is 9.97 Å². The number of aromatic nitrogens is 3. The SMILES string of the molecule is C=CC1C2CC([C@H](O)c3ccnc4ccc(OC)cc34)[N+]3(Cc4cc(OCC)nc(OCC)n4)CCC123. The molecule has 6 atom stereocenters. The quantitative estimate of drug-likeness (QED) is 0.327. The van der Waals surface area contributed by atoms with E-state index >= 15 is 0 Å². The molecule has 0 amide bonds. The topological polar surface area (TPSA) is 86.6 Å². The molecule has 5 unspecified atom stereocenters. The summed E-state index contributed by atoms with van der Waals surface area (Å²) in [4.78, 5) is 13.7. The summed E-state index contributed by atoms with van der Waals surface area (Å²) in [5, 5.41) is 13.0. The van der Waals surface area contributed by atoms with Gasteiger partial charge < -0.3 is 23.8 Å². The van der Waals surface area contributed by atoms with Crippen LogP contribution in [0.25, 0.3) is 10.9 Å². The highest BCUT2D eigenvalue weighted by atomic mass is 16.5. The fourth-order valence-corrected chi connectivity index (χ4v) is 7.54. The maximum Gasteiger partial charge on any atom is 0.320 e. The van der Waals surface area contributed by atoms with E-state index in [0.717, 1.165) is 51.8 Å². The van der Waals surface area contributed by atoms with E-state index in [1.807, 2.05) is 44.2 Å². The fraction of sp³-hybridized carbons (Fsp3) is 0.483. The third-order valence-electron chi connectivity index (χ3n) is 9.08. The number of rotatable bonds is 10. The molecule has 0 bridgehead atoms. The minimum Gasteiger partial charge on any atom is -0.497 e. The summed E-state index contributed by atoms with van der Waals surface area (Å²) >= 11 is 0. The normalized spacial score (nSPS) is 30.1. The van der Waals surface area contributed by atoms with Gasteiger partial charge in [-0.3, -0.25) is 4.98 Å². The van der Waals surface area contributed by atoms with Gasteiger partial charge in [0.05, 0.1) is 38.8 Å². The first-order valence-electron chi connectivity index (χ1n) is 13.2.